The van der Waals surface area contributed by atoms with Crippen LogP contribution < -0.4 is 5.32 Å². The summed E-state index contributed by atoms with van der Waals surface area (Å²) in [7, 11) is 0. The Hall–Kier alpha value is -2.54. The summed E-state index contributed by atoms with van der Waals surface area (Å²) in [6.07, 6.45) is 0.175. The number of ether oxygens (including phenoxy) is 1. The number of carbonyl (C=O) groups is 3. The van der Waals surface area contributed by atoms with Gasteiger partial charge < -0.3 is 15.2 Å². The lowest BCUT2D eigenvalue weighted by Gasteiger charge is -2.22. The summed E-state index contributed by atoms with van der Waals surface area (Å²) in [6, 6.07) is 8.91. The number of amides is 2. The minimum Gasteiger partial charge on any atom is -0.464 e. The van der Waals surface area contributed by atoms with Crippen LogP contribution in [0.5, 0.6) is 0 Å². The van der Waals surface area contributed by atoms with Gasteiger partial charge in [0.25, 0.3) is 5.91 Å². The topological polar surface area (TPSA) is 105 Å². The summed E-state index contributed by atoms with van der Waals surface area (Å²) in [5, 5.41) is 13.2. The zero-order chi connectivity index (χ0) is 24.3. The second kappa shape index (κ2) is 13.8. The van der Waals surface area contributed by atoms with Crippen LogP contribution in [-0.2, 0) is 25.5 Å². The monoisotopic (exact) mass is 446 g/mol. The molecule has 178 valence electrons. The van der Waals surface area contributed by atoms with Gasteiger partial charge in [0, 0.05) is 5.92 Å². The predicted octanol–water partition coefficient (Wildman–Crippen LogP) is 3.33. The van der Waals surface area contributed by atoms with E-state index >= 15 is 0 Å². The van der Waals surface area contributed by atoms with Crippen LogP contribution in [0.1, 0.15) is 59.9 Å². The molecule has 0 fully saturated rings. The van der Waals surface area contributed by atoms with Crippen molar-refractivity contribution in [3.05, 3.63) is 35.9 Å². The molecule has 0 spiro atoms. The second-order valence-corrected chi connectivity index (χ2v) is 8.59. The molecule has 0 saturated heterocycles. The zero-order valence-electron chi connectivity index (χ0n) is 20.1. The van der Waals surface area contributed by atoms with E-state index in [1.54, 1.807) is 27.7 Å². The van der Waals surface area contributed by atoms with Crippen LogP contribution in [0.4, 0.5) is 0 Å². The number of aliphatic hydroxyl groups is 1. The average molecular weight is 447 g/mol. The van der Waals surface area contributed by atoms with Crippen LogP contribution in [0.25, 0.3) is 0 Å². The molecule has 0 aliphatic carbocycles. The maximum absolute atomic E-state index is 12.9. The summed E-state index contributed by atoms with van der Waals surface area (Å²) in [5.41, 5.74) is 1.14. The number of nitrogens with one attached hydrogen (secondary N) is 1. The van der Waals surface area contributed by atoms with E-state index in [1.807, 2.05) is 44.2 Å². The number of aliphatic imine (C=N–C) groups is 1. The van der Waals surface area contributed by atoms with Gasteiger partial charge >= 0.3 is 5.97 Å². The van der Waals surface area contributed by atoms with Crippen molar-refractivity contribution in [1.29, 1.82) is 0 Å². The summed E-state index contributed by atoms with van der Waals surface area (Å²) in [5.74, 6) is -2.26. The third-order valence-corrected chi connectivity index (χ3v) is 5.49. The van der Waals surface area contributed by atoms with Gasteiger partial charge in [-0.2, -0.15) is 0 Å². The lowest BCUT2D eigenvalue weighted by molar-refractivity contribution is -0.148. The molecule has 4 unspecified atom stereocenters. The van der Waals surface area contributed by atoms with Crippen LogP contribution in [0.15, 0.2) is 35.3 Å². The van der Waals surface area contributed by atoms with Crippen molar-refractivity contribution in [1.82, 2.24) is 5.32 Å². The van der Waals surface area contributed by atoms with E-state index in [1.165, 1.54) is 0 Å². The third kappa shape index (κ3) is 8.91. The summed E-state index contributed by atoms with van der Waals surface area (Å²) in [6.45, 7) is 11.1. The highest BCUT2D eigenvalue weighted by Crippen LogP contribution is 2.16. The fourth-order valence-corrected chi connectivity index (χ4v) is 3.21. The Morgan fingerprint density at radius 1 is 1.06 bits per heavy atom. The smallest absolute Gasteiger partial charge is 0.328 e. The predicted molar refractivity (Wildman–Crippen MR) is 125 cm³/mol. The van der Waals surface area contributed by atoms with Crippen molar-refractivity contribution < 1.29 is 24.2 Å². The van der Waals surface area contributed by atoms with Gasteiger partial charge in [0.2, 0.25) is 5.91 Å². The molecule has 0 aliphatic heterocycles. The SMILES string of the molecule is CCOC(=O)C(NC(=O)C(=NC(=O)CC(O)C(C)Cc1ccccc1)C(C)CC)C(C)C. The van der Waals surface area contributed by atoms with Crippen molar-refractivity contribution in [3.63, 3.8) is 0 Å². The molecular weight excluding hydrogens is 408 g/mol. The molecule has 7 heteroatoms. The maximum Gasteiger partial charge on any atom is 0.328 e. The molecule has 7 nitrogen and oxygen atoms in total. The Kier molecular flexibility index (Phi) is 11.8. The van der Waals surface area contributed by atoms with E-state index in [0.717, 1.165) is 5.56 Å². The number of carbonyl (C=O) groups excluding carboxylic acids is 3. The van der Waals surface area contributed by atoms with Gasteiger partial charge in [-0.3, -0.25) is 9.59 Å². The zero-order valence-corrected chi connectivity index (χ0v) is 20.1. The van der Waals surface area contributed by atoms with Crippen LogP contribution in [-0.4, -0.2) is 47.4 Å². The van der Waals surface area contributed by atoms with Gasteiger partial charge in [-0.1, -0.05) is 65.0 Å². The van der Waals surface area contributed by atoms with E-state index < -0.39 is 29.9 Å². The van der Waals surface area contributed by atoms with E-state index in [4.69, 9.17) is 4.74 Å². The number of rotatable bonds is 12. The van der Waals surface area contributed by atoms with Gasteiger partial charge in [-0.05, 0) is 37.2 Å². The molecule has 4 atom stereocenters. The van der Waals surface area contributed by atoms with Crippen molar-refractivity contribution in [2.75, 3.05) is 6.61 Å². The molecule has 0 radical (unpaired) electrons. The molecule has 0 bridgehead atoms. The quantitative estimate of drug-likeness (QED) is 0.378. The van der Waals surface area contributed by atoms with Crippen LogP contribution in [0.3, 0.4) is 0 Å². The second-order valence-electron chi connectivity index (χ2n) is 8.59. The number of esters is 1. The van der Waals surface area contributed by atoms with Crippen molar-refractivity contribution >= 4 is 23.5 Å². The summed E-state index contributed by atoms with van der Waals surface area (Å²) >= 11 is 0. The Morgan fingerprint density at radius 2 is 1.69 bits per heavy atom. The number of aliphatic hydroxyl groups excluding tert-OH is 1. The Balaban J connectivity index is 2.90. The van der Waals surface area contributed by atoms with E-state index in [2.05, 4.69) is 10.3 Å². The lowest BCUT2D eigenvalue weighted by atomic mass is 9.94. The van der Waals surface area contributed by atoms with Crippen LogP contribution in [0, 0.1) is 17.8 Å². The first-order valence-electron chi connectivity index (χ1n) is 11.4. The molecular formula is C25H38N2O5. The molecule has 0 saturated carbocycles. The van der Waals surface area contributed by atoms with E-state index in [9.17, 15) is 19.5 Å². The molecule has 1 aromatic carbocycles. The summed E-state index contributed by atoms with van der Waals surface area (Å²) < 4.78 is 5.05. The number of nitrogens with zero attached hydrogens (tertiary/aromatic N) is 1. The molecule has 1 rings (SSSR count). The van der Waals surface area contributed by atoms with Crippen LogP contribution >= 0.6 is 0 Å². The lowest BCUT2D eigenvalue weighted by Crippen LogP contribution is -2.49. The third-order valence-electron chi connectivity index (χ3n) is 5.49. The maximum atomic E-state index is 12.9. The van der Waals surface area contributed by atoms with Gasteiger partial charge in [-0.15, -0.1) is 0 Å². The van der Waals surface area contributed by atoms with Gasteiger partial charge in [-0.25, -0.2) is 9.79 Å². The number of hydrogen-bond donors (Lipinski definition) is 2. The summed E-state index contributed by atoms with van der Waals surface area (Å²) in [4.78, 5) is 41.7. The van der Waals surface area contributed by atoms with Crippen molar-refractivity contribution in [2.24, 2.45) is 22.7 Å². The number of benzene rings is 1. The first-order valence-corrected chi connectivity index (χ1v) is 11.4. The largest absolute Gasteiger partial charge is 0.464 e. The van der Waals surface area contributed by atoms with Crippen molar-refractivity contribution in [3.8, 4) is 0 Å². The minimum absolute atomic E-state index is 0.0651. The van der Waals surface area contributed by atoms with E-state index in [-0.39, 0.29) is 36.5 Å². The fourth-order valence-electron chi connectivity index (χ4n) is 3.21. The molecule has 2 N–H and O–H groups in total. The molecule has 0 aromatic heterocycles. The number of hydrogen-bond acceptors (Lipinski definition) is 5. The molecule has 2 amide bonds. The Bertz CT molecular complexity index is 776. The molecule has 32 heavy (non-hydrogen) atoms. The Labute approximate surface area is 191 Å². The van der Waals surface area contributed by atoms with Crippen molar-refractivity contribution in [2.45, 2.75) is 73.0 Å². The molecule has 0 heterocycles. The molecule has 0 aliphatic rings. The van der Waals surface area contributed by atoms with Gasteiger partial charge in [0.1, 0.15) is 11.8 Å². The molecule has 1 aromatic rings. The van der Waals surface area contributed by atoms with Crippen LogP contribution in [0.2, 0.25) is 0 Å². The normalized spacial score (nSPS) is 15.6. The highest BCUT2D eigenvalue weighted by Gasteiger charge is 2.29. The standard InChI is InChI=1S/C25H38N2O5/c1-7-17(5)23(24(30)27-22(16(3)4)25(31)32-8-2)26-21(29)15-20(28)18(6)14-19-12-10-9-11-13-19/h9-13,16-18,20,22,28H,7-8,14-15H2,1-6H3,(H,27,30). The fraction of sp³-hybridized carbons (Fsp3) is 0.600. The first-order chi connectivity index (χ1) is 15.1. The first kappa shape index (κ1) is 27.5. The highest BCUT2D eigenvalue weighted by atomic mass is 16.5. The Morgan fingerprint density at radius 3 is 2.22 bits per heavy atom. The van der Waals surface area contributed by atoms with Gasteiger partial charge in [0.05, 0.1) is 19.1 Å². The average Bonchev–Trinajstić information content (AvgIpc) is 2.75. The van der Waals surface area contributed by atoms with E-state index in [0.29, 0.717) is 12.8 Å². The minimum atomic E-state index is -0.879. The highest BCUT2D eigenvalue weighted by molar-refractivity contribution is 6.41. The van der Waals surface area contributed by atoms with Gasteiger partial charge in [0.15, 0.2) is 0 Å².